The zero-order chi connectivity index (χ0) is 31.4. The molecule has 0 saturated heterocycles. The van der Waals surface area contributed by atoms with Crippen molar-refractivity contribution in [2.75, 3.05) is 11.5 Å². The molecule has 0 aliphatic heterocycles. The lowest BCUT2D eigenvalue weighted by Crippen LogP contribution is -2.12. The summed E-state index contributed by atoms with van der Waals surface area (Å²) in [6.45, 7) is 0. The highest BCUT2D eigenvalue weighted by molar-refractivity contribution is 5.81. The molecular formula is C28H16F12N2. The van der Waals surface area contributed by atoms with E-state index in [-0.39, 0.29) is 11.4 Å². The van der Waals surface area contributed by atoms with Crippen molar-refractivity contribution in [2.24, 2.45) is 0 Å². The molecule has 0 spiro atoms. The summed E-state index contributed by atoms with van der Waals surface area (Å²) in [6, 6.07) is 8.11. The fourth-order valence-corrected chi connectivity index (χ4v) is 4.45. The number of alkyl halides is 12. The SMILES string of the molecule is Nc1ccc(-c2ccc(-c3ccc(-c4ccc(N)cc4C(F)(F)F)c(C(F)(F)F)c3)cc2C(F)(F)F)c(C(F)(F)F)c1. The average Bonchev–Trinajstić information content (AvgIpc) is 2.86. The number of nitrogens with two attached hydrogens (primary N) is 2. The molecule has 0 atom stereocenters. The molecule has 222 valence electrons. The predicted octanol–water partition coefficient (Wildman–Crippen LogP) is 9.93. The molecule has 0 amide bonds. The van der Waals surface area contributed by atoms with Crippen molar-refractivity contribution in [2.45, 2.75) is 24.7 Å². The van der Waals surface area contributed by atoms with Crippen molar-refractivity contribution in [3.63, 3.8) is 0 Å². The maximum absolute atomic E-state index is 14.1. The van der Waals surface area contributed by atoms with Crippen molar-refractivity contribution in [3.05, 3.63) is 95.1 Å². The molecule has 0 bridgehead atoms. The Kier molecular flexibility index (Phi) is 7.41. The van der Waals surface area contributed by atoms with Crippen LogP contribution in [0.4, 0.5) is 64.1 Å². The highest BCUT2D eigenvalue weighted by Gasteiger charge is 2.40. The van der Waals surface area contributed by atoms with E-state index in [2.05, 4.69) is 0 Å². The lowest BCUT2D eigenvalue weighted by molar-refractivity contribution is -0.139. The lowest BCUT2D eigenvalue weighted by atomic mass is 9.89. The van der Waals surface area contributed by atoms with Gasteiger partial charge in [-0.05, 0) is 69.8 Å². The minimum atomic E-state index is -5.26. The summed E-state index contributed by atoms with van der Waals surface area (Å²) in [4.78, 5) is 0. The summed E-state index contributed by atoms with van der Waals surface area (Å²) in [5, 5.41) is 0. The topological polar surface area (TPSA) is 52.0 Å². The van der Waals surface area contributed by atoms with Crippen LogP contribution in [-0.2, 0) is 24.7 Å². The van der Waals surface area contributed by atoms with E-state index in [4.69, 9.17) is 11.5 Å². The van der Waals surface area contributed by atoms with E-state index in [1.807, 2.05) is 0 Å². The Hall–Kier alpha value is -4.36. The van der Waals surface area contributed by atoms with Gasteiger partial charge >= 0.3 is 24.7 Å². The summed E-state index contributed by atoms with van der Waals surface area (Å²) in [5.41, 5.74) is -0.617. The first kappa shape index (κ1) is 30.6. The maximum atomic E-state index is 14.1. The summed E-state index contributed by atoms with van der Waals surface area (Å²) >= 11 is 0. The third-order valence-corrected chi connectivity index (χ3v) is 6.26. The van der Waals surface area contributed by atoms with Gasteiger partial charge in [0.05, 0.1) is 22.3 Å². The Bertz CT molecular complexity index is 1520. The van der Waals surface area contributed by atoms with Gasteiger partial charge in [0.15, 0.2) is 0 Å². The number of rotatable bonds is 3. The molecule has 0 radical (unpaired) electrons. The number of nitrogen functional groups attached to an aromatic ring is 2. The highest BCUT2D eigenvalue weighted by atomic mass is 19.4. The van der Waals surface area contributed by atoms with E-state index >= 15 is 0 Å². The molecule has 0 unspecified atom stereocenters. The molecule has 2 nitrogen and oxygen atoms in total. The van der Waals surface area contributed by atoms with Crippen LogP contribution >= 0.6 is 0 Å². The molecule has 14 heteroatoms. The van der Waals surface area contributed by atoms with E-state index in [0.717, 1.165) is 36.4 Å². The van der Waals surface area contributed by atoms with E-state index in [1.165, 1.54) is 0 Å². The maximum Gasteiger partial charge on any atom is 0.417 e. The summed E-state index contributed by atoms with van der Waals surface area (Å²) in [5.74, 6) is 0. The van der Waals surface area contributed by atoms with Crippen molar-refractivity contribution >= 4 is 11.4 Å². The molecule has 42 heavy (non-hydrogen) atoms. The molecular weight excluding hydrogens is 592 g/mol. The van der Waals surface area contributed by atoms with Crippen LogP contribution in [0, 0.1) is 0 Å². The van der Waals surface area contributed by atoms with Crippen LogP contribution in [-0.4, -0.2) is 0 Å². The van der Waals surface area contributed by atoms with Crippen LogP contribution in [0.5, 0.6) is 0 Å². The van der Waals surface area contributed by atoms with E-state index < -0.39 is 80.3 Å². The smallest absolute Gasteiger partial charge is 0.399 e. The van der Waals surface area contributed by atoms with Crippen LogP contribution in [0.2, 0.25) is 0 Å². The fourth-order valence-electron chi connectivity index (χ4n) is 4.45. The third-order valence-electron chi connectivity index (χ3n) is 6.26. The molecule has 4 aromatic rings. The van der Waals surface area contributed by atoms with Crippen molar-refractivity contribution < 1.29 is 52.7 Å². The molecule has 0 fully saturated rings. The van der Waals surface area contributed by atoms with Crippen molar-refractivity contribution in [3.8, 4) is 33.4 Å². The van der Waals surface area contributed by atoms with Gasteiger partial charge < -0.3 is 11.5 Å². The largest absolute Gasteiger partial charge is 0.417 e. The first-order valence-electron chi connectivity index (χ1n) is 11.5. The lowest BCUT2D eigenvalue weighted by Gasteiger charge is -2.20. The molecule has 4 N–H and O–H groups in total. The van der Waals surface area contributed by atoms with Gasteiger partial charge in [-0.1, -0.05) is 36.4 Å². The summed E-state index contributed by atoms with van der Waals surface area (Å²) < 4.78 is 166. The minimum Gasteiger partial charge on any atom is -0.399 e. The van der Waals surface area contributed by atoms with Gasteiger partial charge in [-0.3, -0.25) is 0 Å². The third kappa shape index (κ3) is 6.11. The second-order valence-corrected chi connectivity index (χ2v) is 9.12. The first-order valence-corrected chi connectivity index (χ1v) is 11.5. The van der Waals surface area contributed by atoms with Crippen LogP contribution < -0.4 is 11.5 Å². The van der Waals surface area contributed by atoms with Gasteiger partial charge in [-0.2, -0.15) is 52.7 Å². The van der Waals surface area contributed by atoms with Gasteiger partial charge in [0.1, 0.15) is 0 Å². The second kappa shape index (κ2) is 10.2. The summed E-state index contributed by atoms with van der Waals surface area (Å²) in [6.07, 6.45) is -20.7. The van der Waals surface area contributed by atoms with Crippen LogP contribution in [0.1, 0.15) is 22.3 Å². The van der Waals surface area contributed by atoms with Crippen LogP contribution in [0.25, 0.3) is 33.4 Å². The number of benzene rings is 4. The van der Waals surface area contributed by atoms with E-state index in [1.54, 1.807) is 0 Å². The van der Waals surface area contributed by atoms with Gasteiger partial charge in [0.2, 0.25) is 0 Å². The van der Waals surface area contributed by atoms with Gasteiger partial charge in [-0.25, -0.2) is 0 Å². The van der Waals surface area contributed by atoms with E-state index in [9.17, 15) is 52.7 Å². The normalized spacial score (nSPS) is 13.0. The molecule has 0 aromatic heterocycles. The van der Waals surface area contributed by atoms with Crippen LogP contribution in [0.15, 0.2) is 72.8 Å². The van der Waals surface area contributed by atoms with Crippen molar-refractivity contribution in [1.82, 2.24) is 0 Å². The molecule has 0 aliphatic carbocycles. The van der Waals surface area contributed by atoms with Crippen molar-refractivity contribution in [1.29, 1.82) is 0 Å². The molecule has 0 saturated carbocycles. The van der Waals surface area contributed by atoms with Gasteiger partial charge in [0.25, 0.3) is 0 Å². The van der Waals surface area contributed by atoms with Gasteiger partial charge in [0, 0.05) is 11.4 Å². The number of hydrogen-bond donors (Lipinski definition) is 2. The number of anilines is 2. The molecule has 4 aromatic carbocycles. The van der Waals surface area contributed by atoms with Crippen LogP contribution in [0.3, 0.4) is 0 Å². The molecule has 0 heterocycles. The zero-order valence-electron chi connectivity index (χ0n) is 20.6. The average molecular weight is 608 g/mol. The fraction of sp³-hybridized carbons (Fsp3) is 0.143. The quantitative estimate of drug-likeness (QED) is 0.180. The summed E-state index contributed by atoms with van der Waals surface area (Å²) in [7, 11) is 0. The first-order chi connectivity index (χ1) is 19.2. The standard InChI is InChI=1S/C28H16F12N2/c29-25(30,31)21-9-13(1-5-17(21)19-7-3-15(41)11-23(19)27(35,36)37)14-2-6-18(22(10-14)26(32,33)34)20-8-4-16(42)12-24(20)28(38,39)40/h1-12H,41-42H2. The Morgan fingerprint density at radius 2 is 0.571 bits per heavy atom. The predicted molar refractivity (Wildman–Crippen MR) is 132 cm³/mol. The molecule has 0 aliphatic rings. The Morgan fingerprint density at radius 3 is 0.833 bits per heavy atom. The second-order valence-electron chi connectivity index (χ2n) is 9.12. The minimum absolute atomic E-state index is 0.366. The number of halogens is 12. The number of hydrogen-bond acceptors (Lipinski definition) is 2. The zero-order valence-corrected chi connectivity index (χ0v) is 20.6. The Balaban J connectivity index is 1.95. The molecule has 4 rings (SSSR count). The monoisotopic (exact) mass is 608 g/mol. The van der Waals surface area contributed by atoms with E-state index in [0.29, 0.717) is 36.4 Å². The Labute approximate surface area is 229 Å². The van der Waals surface area contributed by atoms with Gasteiger partial charge in [-0.15, -0.1) is 0 Å². The Morgan fingerprint density at radius 1 is 0.333 bits per heavy atom. The highest BCUT2D eigenvalue weighted by Crippen LogP contribution is 2.47.